The highest BCUT2D eigenvalue weighted by Gasteiger charge is 2.09. The van der Waals surface area contributed by atoms with E-state index in [4.69, 9.17) is 5.10 Å². The van der Waals surface area contributed by atoms with Gasteiger partial charge in [-0.15, -0.1) is 0 Å². The molecule has 4 aromatic rings. The largest absolute Gasteiger partial charge is 0.341 e. The summed E-state index contributed by atoms with van der Waals surface area (Å²) in [6, 6.07) is 25.9. The van der Waals surface area contributed by atoms with Gasteiger partial charge in [0.1, 0.15) is 0 Å². The highest BCUT2D eigenvalue weighted by molar-refractivity contribution is 6.09. The first-order valence-corrected chi connectivity index (χ1v) is 12.2. The van der Waals surface area contributed by atoms with Gasteiger partial charge in [-0.25, -0.2) is 0 Å². The minimum atomic E-state index is 0.948. The highest BCUT2D eigenvalue weighted by atomic mass is 15.4. The lowest BCUT2D eigenvalue weighted by Gasteiger charge is -2.19. The second kappa shape index (κ2) is 11.0. The molecule has 1 aromatic heterocycles. The van der Waals surface area contributed by atoms with E-state index in [9.17, 15) is 0 Å². The number of hydrogen-bond donors (Lipinski definition) is 0. The van der Waals surface area contributed by atoms with Crippen molar-refractivity contribution >= 4 is 33.7 Å². The molecule has 1 heterocycles. The second-order valence-electron chi connectivity index (χ2n) is 8.51. The molecular formula is C29H35N3. The summed E-state index contributed by atoms with van der Waals surface area (Å²) in [5, 5.41) is 9.68. The molecule has 0 amide bonds. The van der Waals surface area contributed by atoms with Crippen LogP contribution in [0, 0.1) is 0 Å². The first-order chi connectivity index (χ1) is 15.8. The third-order valence-corrected chi connectivity index (χ3v) is 6.24. The maximum Gasteiger partial charge on any atom is 0.0593 e. The Morgan fingerprint density at radius 1 is 0.750 bits per heavy atom. The van der Waals surface area contributed by atoms with Gasteiger partial charge in [0.15, 0.2) is 0 Å². The van der Waals surface area contributed by atoms with E-state index in [1.54, 1.807) is 0 Å². The van der Waals surface area contributed by atoms with E-state index < -0.39 is 0 Å². The lowest BCUT2D eigenvalue weighted by atomic mass is 10.1. The number of rotatable bonds is 11. The number of unbranched alkanes of at least 4 members (excludes halogenated alkanes) is 5. The van der Waals surface area contributed by atoms with Crippen LogP contribution in [0.2, 0.25) is 0 Å². The molecule has 0 aliphatic heterocycles. The van der Waals surface area contributed by atoms with Crippen molar-refractivity contribution in [1.29, 1.82) is 0 Å². The summed E-state index contributed by atoms with van der Waals surface area (Å²) in [7, 11) is 0. The number of aromatic nitrogens is 1. The van der Waals surface area contributed by atoms with Gasteiger partial charge in [-0.05, 0) is 49.2 Å². The normalized spacial score (nSPS) is 11.7. The Hall–Kier alpha value is -3.07. The van der Waals surface area contributed by atoms with Crippen LogP contribution in [0.5, 0.6) is 0 Å². The molecule has 4 rings (SSSR count). The Morgan fingerprint density at radius 2 is 1.47 bits per heavy atom. The highest BCUT2D eigenvalue weighted by Crippen LogP contribution is 2.29. The molecule has 0 saturated carbocycles. The van der Waals surface area contributed by atoms with Crippen LogP contribution in [-0.4, -0.2) is 17.3 Å². The van der Waals surface area contributed by atoms with Crippen LogP contribution < -0.4 is 5.01 Å². The molecule has 0 saturated heterocycles. The molecule has 0 fully saturated rings. The summed E-state index contributed by atoms with van der Waals surface area (Å²) in [5.74, 6) is 0. The molecule has 0 aliphatic rings. The standard InChI is InChI=1S/C29H35N3/c1-3-5-6-7-8-14-21-32(25-15-10-9-11-16-25)30-23-24-19-20-29-27(22-24)26-17-12-13-18-28(26)31(29)4-2/h9-13,15-20,22-23H,3-8,14,21H2,1-2H3. The Labute approximate surface area is 192 Å². The van der Waals surface area contributed by atoms with Crippen LogP contribution in [0.25, 0.3) is 21.8 Å². The maximum atomic E-state index is 4.91. The summed E-state index contributed by atoms with van der Waals surface area (Å²) >= 11 is 0. The van der Waals surface area contributed by atoms with Crippen molar-refractivity contribution in [2.75, 3.05) is 11.6 Å². The van der Waals surface area contributed by atoms with Gasteiger partial charge in [0.2, 0.25) is 0 Å². The van der Waals surface area contributed by atoms with Gasteiger partial charge in [-0.3, -0.25) is 5.01 Å². The molecule has 0 spiro atoms. The quantitative estimate of drug-likeness (QED) is 0.135. The van der Waals surface area contributed by atoms with E-state index >= 15 is 0 Å². The summed E-state index contributed by atoms with van der Waals surface area (Å²) in [6.07, 6.45) is 9.75. The zero-order valence-corrected chi connectivity index (χ0v) is 19.5. The molecule has 0 atom stereocenters. The van der Waals surface area contributed by atoms with Crippen molar-refractivity contribution in [3.8, 4) is 0 Å². The number of fused-ring (bicyclic) bond motifs is 3. The van der Waals surface area contributed by atoms with Crippen LogP contribution in [0.4, 0.5) is 5.69 Å². The SMILES string of the molecule is CCCCCCCCN(N=Cc1ccc2c(c1)c1ccccc1n2CC)c1ccccc1. The second-order valence-corrected chi connectivity index (χ2v) is 8.51. The molecule has 0 aliphatic carbocycles. The van der Waals surface area contributed by atoms with Gasteiger partial charge in [-0.1, -0.05) is 81.5 Å². The molecule has 0 unspecified atom stereocenters. The summed E-state index contributed by atoms with van der Waals surface area (Å²) in [4.78, 5) is 0. The predicted octanol–water partition coefficient (Wildman–Crippen LogP) is 8.02. The van der Waals surface area contributed by atoms with E-state index in [2.05, 4.69) is 96.2 Å². The minimum Gasteiger partial charge on any atom is -0.341 e. The van der Waals surface area contributed by atoms with Crippen molar-refractivity contribution in [2.45, 2.75) is 58.9 Å². The Bertz CT molecular complexity index is 1160. The summed E-state index contributed by atoms with van der Waals surface area (Å²) in [6.45, 7) is 6.39. The van der Waals surface area contributed by atoms with Crippen LogP contribution >= 0.6 is 0 Å². The first kappa shape index (κ1) is 22.1. The van der Waals surface area contributed by atoms with Crippen LogP contribution in [0.15, 0.2) is 77.9 Å². The average molecular weight is 426 g/mol. The van der Waals surface area contributed by atoms with Gasteiger partial charge in [0, 0.05) is 34.9 Å². The summed E-state index contributed by atoms with van der Waals surface area (Å²) in [5.41, 5.74) is 4.88. The molecule has 32 heavy (non-hydrogen) atoms. The van der Waals surface area contributed by atoms with E-state index in [0.29, 0.717) is 0 Å². The Morgan fingerprint density at radius 3 is 2.28 bits per heavy atom. The number of hydrazone groups is 1. The summed E-state index contributed by atoms with van der Waals surface area (Å²) < 4.78 is 2.39. The van der Waals surface area contributed by atoms with Crippen molar-refractivity contribution in [2.24, 2.45) is 5.10 Å². The smallest absolute Gasteiger partial charge is 0.0593 e. The van der Waals surface area contributed by atoms with Crippen LogP contribution in [0.3, 0.4) is 0 Å². The van der Waals surface area contributed by atoms with Gasteiger partial charge in [0.25, 0.3) is 0 Å². The third kappa shape index (κ3) is 5.04. The van der Waals surface area contributed by atoms with Crippen molar-refractivity contribution in [3.63, 3.8) is 0 Å². The van der Waals surface area contributed by atoms with E-state index in [1.807, 2.05) is 6.21 Å². The molecule has 166 valence electrons. The topological polar surface area (TPSA) is 20.5 Å². The molecule has 3 heteroatoms. The molecule has 0 radical (unpaired) electrons. The fourth-order valence-corrected chi connectivity index (χ4v) is 4.52. The maximum absolute atomic E-state index is 4.91. The van der Waals surface area contributed by atoms with Gasteiger partial charge in [-0.2, -0.15) is 5.10 Å². The predicted molar refractivity (Wildman–Crippen MR) is 140 cm³/mol. The number of nitrogens with zero attached hydrogens (tertiary/aromatic N) is 3. The Kier molecular flexibility index (Phi) is 7.60. The van der Waals surface area contributed by atoms with Gasteiger partial charge in [0.05, 0.1) is 11.9 Å². The zero-order chi connectivity index (χ0) is 22.2. The fraction of sp³-hybridized carbons (Fsp3) is 0.345. The van der Waals surface area contributed by atoms with E-state index in [1.165, 1.54) is 60.3 Å². The minimum absolute atomic E-state index is 0.948. The molecule has 0 bridgehead atoms. The number of benzene rings is 3. The van der Waals surface area contributed by atoms with Crippen molar-refractivity contribution in [3.05, 3.63) is 78.4 Å². The number of para-hydroxylation sites is 2. The first-order valence-electron chi connectivity index (χ1n) is 12.2. The average Bonchev–Trinajstić information content (AvgIpc) is 3.16. The van der Waals surface area contributed by atoms with Crippen molar-refractivity contribution in [1.82, 2.24) is 4.57 Å². The Balaban J connectivity index is 1.55. The van der Waals surface area contributed by atoms with Crippen LogP contribution in [-0.2, 0) is 6.54 Å². The lowest BCUT2D eigenvalue weighted by molar-refractivity contribution is 0.602. The third-order valence-electron chi connectivity index (χ3n) is 6.24. The molecular weight excluding hydrogens is 390 g/mol. The zero-order valence-electron chi connectivity index (χ0n) is 19.5. The number of hydrogen-bond acceptors (Lipinski definition) is 2. The number of aryl methyl sites for hydroxylation is 1. The molecule has 3 nitrogen and oxygen atoms in total. The van der Waals surface area contributed by atoms with E-state index in [0.717, 1.165) is 24.3 Å². The van der Waals surface area contributed by atoms with Crippen LogP contribution in [0.1, 0.15) is 57.9 Å². The van der Waals surface area contributed by atoms with Crippen molar-refractivity contribution < 1.29 is 0 Å². The number of anilines is 1. The van der Waals surface area contributed by atoms with Gasteiger partial charge < -0.3 is 4.57 Å². The lowest BCUT2D eigenvalue weighted by Crippen LogP contribution is -2.18. The molecule has 3 aromatic carbocycles. The molecule has 0 N–H and O–H groups in total. The van der Waals surface area contributed by atoms with E-state index in [-0.39, 0.29) is 0 Å². The monoisotopic (exact) mass is 425 g/mol. The fourth-order valence-electron chi connectivity index (χ4n) is 4.52. The van der Waals surface area contributed by atoms with Gasteiger partial charge >= 0.3 is 0 Å².